The predicted octanol–water partition coefficient (Wildman–Crippen LogP) is 12.4. The van der Waals surface area contributed by atoms with Gasteiger partial charge in [0, 0.05) is 46.3 Å². The Hall–Kier alpha value is -7.06. The number of aryl methyl sites for hydroxylation is 3. The third kappa shape index (κ3) is 12.5. The molecule has 1 atom stereocenters. The van der Waals surface area contributed by atoms with Crippen LogP contribution in [-0.4, -0.2) is 38.4 Å². The molecule has 0 aromatic heterocycles. The summed E-state index contributed by atoms with van der Waals surface area (Å²) in [6, 6.07) is 29.7. The average Bonchev–Trinajstić information content (AvgIpc) is 3.49. The molecule has 0 amide bonds. The van der Waals surface area contributed by atoms with Crippen molar-refractivity contribution < 1.29 is 28.5 Å². The van der Waals surface area contributed by atoms with Crippen LogP contribution in [0.4, 0.5) is 22.7 Å². The molecule has 0 heterocycles. The molecule has 1 aliphatic carbocycles. The summed E-state index contributed by atoms with van der Waals surface area (Å²) in [7, 11) is 0. The van der Waals surface area contributed by atoms with Crippen molar-refractivity contribution in [3.63, 3.8) is 0 Å². The normalized spacial score (nSPS) is 13.9. The second-order valence-electron chi connectivity index (χ2n) is 14.5. The van der Waals surface area contributed by atoms with Gasteiger partial charge in [-0.3, -0.25) is 0 Å². The fourth-order valence-electron chi connectivity index (χ4n) is 6.64. The molecule has 0 N–H and O–H groups in total. The van der Waals surface area contributed by atoms with E-state index in [9.17, 15) is 9.59 Å². The number of hydrogen-bond acceptors (Lipinski definition) is 8. The molecule has 8 nitrogen and oxygen atoms in total. The lowest BCUT2D eigenvalue weighted by molar-refractivity contribution is -0.139. The standard InChI is InChI=1S/C53H56N2O6/c1-9-40(6)49(16-13-31-58-32-33-60-52(56)10-2)55(45-15-12-14-38(4)17-22-45)51-30-21-44(37-42(51)8)43-20-29-50(41(7)36-43)54(46-23-18-39(5)19-24-46)47-25-27-48(28-26-47)59-34-35-61-53(57)11-3/h9-31,36-38H,2-3,32-35H2,1,4-8H3/b31-13+,40-9-,49-16+. The van der Waals surface area contributed by atoms with Gasteiger partial charge in [0.1, 0.15) is 32.2 Å². The van der Waals surface area contributed by atoms with Gasteiger partial charge >= 0.3 is 11.9 Å². The Morgan fingerprint density at radius 3 is 1.92 bits per heavy atom. The summed E-state index contributed by atoms with van der Waals surface area (Å²) in [6.07, 6.45) is 20.7. The molecule has 4 aromatic rings. The van der Waals surface area contributed by atoms with E-state index >= 15 is 0 Å². The Bertz CT molecular complexity index is 2360. The fourth-order valence-corrected chi connectivity index (χ4v) is 6.64. The van der Waals surface area contributed by atoms with E-state index in [1.54, 1.807) is 6.26 Å². The summed E-state index contributed by atoms with van der Waals surface area (Å²) < 4.78 is 21.5. The highest BCUT2D eigenvalue weighted by Crippen LogP contribution is 2.40. The summed E-state index contributed by atoms with van der Waals surface area (Å²) in [5.74, 6) is 0.0267. The largest absolute Gasteiger partial charge is 0.498 e. The summed E-state index contributed by atoms with van der Waals surface area (Å²) in [5, 5.41) is 0. The lowest BCUT2D eigenvalue weighted by Gasteiger charge is -2.31. The van der Waals surface area contributed by atoms with Gasteiger partial charge < -0.3 is 28.7 Å². The summed E-state index contributed by atoms with van der Waals surface area (Å²) in [6.45, 7) is 20.3. The van der Waals surface area contributed by atoms with Gasteiger partial charge in [0.2, 0.25) is 0 Å². The molecule has 4 aromatic carbocycles. The molecule has 5 rings (SSSR count). The van der Waals surface area contributed by atoms with Gasteiger partial charge in [0.05, 0.1) is 6.26 Å². The maximum absolute atomic E-state index is 11.4. The number of carbonyl (C=O) groups excluding carboxylic acids is 2. The minimum absolute atomic E-state index is 0.136. The van der Waals surface area contributed by atoms with E-state index < -0.39 is 11.9 Å². The zero-order valence-corrected chi connectivity index (χ0v) is 36.1. The van der Waals surface area contributed by atoms with Crippen molar-refractivity contribution in [2.75, 3.05) is 36.2 Å². The number of ether oxygens (including phenoxy) is 4. The smallest absolute Gasteiger partial charge is 0.330 e. The third-order valence-electron chi connectivity index (χ3n) is 9.99. The minimum atomic E-state index is -0.477. The molecule has 0 spiro atoms. The Labute approximate surface area is 361 Å². The molecule has 0 fully saturated rings. The topological polar surface area (TPSA) is 77.5 Å². The molecule has 8 heteroatoms. The first kappa shape index (κ1) is 45.0. The third-order valence-corrected chi connectivity index (χ3v) is 9.99. The van der Waals surface area contributed by atoms with Gasteiger partial charge in [-0.15, -0.1) is 0 Å². The molecule has 314 valence electrons. The first-order chi connectivity index (χ1) is 29.5. The molecule has 0 saturated heterocycles. The fraction of sp³-hybridized carbons (Fsp3) is 0.208. The Morgan fingerprint density at radius 1 is 0.738 bits per heavy atom. The molecule has 1 aliphatic rings. The van der Waals surface area contributed by atoms with Crippen LogP contribution >= 0.6 is 0 Å². The van der Waals surface area contributed by atoms with E-state index in [4.69, 9.17) is 18.9 Å². The van der Waals surface area contributed by atoms with Crippen molar-refractivity contribution in [2.24, 2.45) is 5.92 Å². The van der Waals surface area contributed by atoms with Crippen molar-refractivity contribution >= 4 is 34.7 Å². The quantitative estimate of drug-likeness (QED) is 0.0304. The van der Waals surface area contributed by atoms with Gasteiger partial charge in [0.25, 0.3) is 0 Å². The molecule has 0 aliphatic heterocycles. The highest BCUT2D eigenvalue weighted by Gasteiger charge is 2.21. The second-order valence-corrected chi connectivity index (χ2v) is 14.5. The zero-order chi connectivity index (χ0) is 43.7. The van der Waals surface area contributed by atoms with E-state index in [1.165, 1.54) is 5.56 Å². The first-order valence-electron chi connectivity index (χ1n) is 20.4. The molecular formula is C53H56N2O6. The van der Waals surface area contributed by atoms with E-state index in [-0.39, 0.29) is 26.4 Å². The second kappa shape index (κ2) is 22.3. The van der Waals surface area contributed by atoms with Gasteiger partial charge in [-0.25, -0.2) is 9.59 Å². The van der Waals surface area contributed by atoms with Crippen LogP contribution in [0.2, 0.25) is 0 Å². The first-order valence-corrected chi connectivity index (χ1v) is 20.4. The van der Waals surface area contributed by atoms with E-state index in [1.807, 2.05) is 43.3 Å². The number of hydrogen-bond donors (Lipinski definition) is 0. The number of allylic oxidation sites excluding steroid dienone is 9. The van der Waals surface area contributed by atoms with Crippen LogP contribution in [-0.2, 0) is 23.8 Å². The van der Waals surface area contributed by atoms with Crippen LogP contribution in [0.3, 0.4) is 0 Å². The monoisotopic (exact) mass is 816 g/mol. The van der Waals surface area contributed by atoms with Crippen LogP contribution in [0.15, 0.2) is 182 Å². The molecule has 0 radical (unpaired) electrons. The highest BCUT2D eigenvalue weighted by molar-refractivity contribution is 5.83. The van der Waals surface area contributed by atoms with E-state index in [0.29, 0.717) is 11.7 Å². The zero-order valence-electron chi connectivity index (χ0n) is 36.1. The van der Waals surface area contributed by atoms with E-state index in [0.717, 1.165) is 74.1 Å². The van der Waals surface area contributed by atoms with Crippen molar-refractivity contribution in [2.45, 2.75) is 41.5 Å². The molecule has 0 bridgehead atoms. The van der Waals surface area contributed by atoms with E-state index in [2.05, 4.69) is 155 Å². The SMILES string of the molecule is C=CC(=O)OCCO/C=C/C=C(\C(C)=C/C)N(C1=CC=CC(C)C=C1)c1ccc(-c2ccc(N(c3ccc(C)cc3)c3ccc(OCCOC(=O)C=C)cc3)c(C)c2)cc1C. The number of carbonyl (C=O) groups is 2. The highest BCUT2D eigenvalue weighted by atomic mass is 16.6. The molecular weight excluding hydrogens is 761 g/mol. The van der Waals surface area contributed by atoms with Crippen LogP contribution in [0.25, 0.3) is 11.1 Å². The number of nitrogens with zero attached hydrogens (tertiary/aromatic N) is 2. The van der Waals surface area contributed by atoms with Gasteiger partial charge in [0.15, 0.2) is 0 Å². The van der Waals surface area contributed by atoms with Crippen LogP contribution < -0.4 is 14.5 Å². The van der Waals surface area contributed by atoms with Crippen molar-refractivity contribution in [1.82, 2.24) is 0 Å². The maximum Gasteiger partial charge on any atom is 0.330 e. The van der Waals surface area contributed by atoms with Crippen molar-refractivity contribution in [3.8, 4) is 16.9 Å². The molecule has 0 saturated carbocycles. The Balaban J connectivity index is 1.46. The summed E-state index contributed by atoms with van der Waals surface area (Å²) in [5.41, 5.74) is 12.8. The summed E-state index contributed by atoms with van der Waals surface area (Å²) in [4.78, 5) is 27.3. The van der Waals surface area contributed by atoms with Gasteiger partial charge in [-0.1, -0.05) is 74.2 Å². The number of benzene rings is 4. The van der Waals surface area contributed by atoms with Crippen molar-refractivity contribution in [3.05, 3.63) is 199 Å². The van der Waals surface area contributed by atoms with Crippen LogP contribution in [0.5, 0.6) is 5.75 Å². The lowest BCUT2D eigenvalue weighted by Crippen LogP contribution is -2.22. The lowest BCUT2D eigenvalue weighted by atomic mass is 9.98. The van der Waals surface area contributed by atoms with Crippen LogP contribution in [0, 0.1) is 26.7 Å². The predicted molar refractivity (Wildman–Crippen MR) is 249 cm³/mol. The minimum Gasteiger partial charge on any atom is -0.498 e. The summed E-state index contributed by atoms with van der Waals surface area (Å²) >= 11 is 0. The number of rotatable bonds is 19. The number of esters is 2. The molecule has 61 heavy (non-hydrogen) atoms. The molecule has 1 unspecified atom stereocenters. The van der Waals surface area contributed by atoms with Gasteiger partial charge in [-0.2, -0.15) is 0 Å². The maximum atomic E-state index is 11.4. The van der Waals surface area contributed by atoms with Crippen molar-refractivity contribution in [1.29, 1.82) is 0 Å². The Morgan fingerprint density at radius 2 is 1.33 bits per heavy atom. The number of anilines is 4. The average molecular weight is 817 g/mol. The Kier molecular flexibility index (Phi) is 16.5. The van der Waals surface area contributed by atoms with Gasteiger partial charge in [-0.05, 0) is 153 Å². The van der Waals surface area contributed by atoms with Crippen LogP contribution in [0.1, 0.15) is 37.5 Å².